The van der Waals surface area contributed by atoms with Gasteiger partial charge in [0.15, 0.2) is 0 Å². The van der Waals surface area contributed by atoms with Crippen molar-refractivity contribution in [3.63, 3.8) is 0 Å². The topological polar surface area (TPSA) is 35.2 Å². The monoisotopic (exact) mass is 225 g/mol. The summed E-state index contributed by atoms with van der Waals surface area (Å²) in [4.78, 5) is 0. The molecule has 1 saturated carbocycles. The average Bonchev–Trinajstić information content (AvgIpc) is 3.01. The minimum Gasteiger partial charge on any atom is -0.496 e. The number of hydrogen-bond donors (Lipinski definition) is 1. The number of nitrogens with two attached hydrogens (primary N) is 1. The first kappa shape index (κ1) is 10.8. The van der Waals surface area contributed by atoms with Crippen molar-refractivity contribution in [2.75, 3.05) is 7.11 Å². The normalized spacial score (nSPS) is 17.5. The molecule has 2 nitrogen and oxygen atoms in total. The van der Waals surface area contributed by atoms with E-state index in [0.717, 1.165) is 28.7 Å². The van der Waals surface area contributed by atoms with Gasteiger partial charge in [-0.3, -0.25) is 0 Å². The Morgan fingerprint density at radius 1 is 1.53 bits per heavy atom. The Morgan fingerprint density at radius 2 is 2.27 bits per heavy atom. The van der Waals surface area contributed by atoms with E-state index < -0.39 is 0 Å². The third-order valence-electron chi connectivity index (χ3n) is 2.88. The smallest absolute Gasteiger partial charge is 0.123 e. The zero-order valence-electron chi connectivity index (χ0n) is 8.87. The summed E-state index contributed by atoms with van der Waals surface area (Å²) >= 11 is 5.96. The van der Waals surface area contributed by atoms with Crippen molar-refractivity contribution >= 4 is 11.6 Å². The predicted octanol–water partition coefficient (Wildman–Crippen LogP) is 3.15. The number of methoxy groups -OCH3 is 1. The lowest BCUT2D eigenvalue weighted by Gasteiger charge is -2.15. The lowest BCUT2D eigenvalue weighted by atomic mass is 10.0. The maximum absolute atomic E-state index is 6.14. The van der Waals surface area contributed by atoms with E-state index in [-0.39, 0.29) is 6.04 Å². The standard InChI is InChI=1S/C12H16ClNO/c1-15-12-5-4-9(13)7-10(12)11(14)6-8-2-3-8/h4-5,7-8,11H,2-3,6,14H2,1H3/t11-/m0/s1. The molecule has 0 bridgehead atoms. The molecule has 2 N–H and O–H groups in total. The van der Waals surface area contributed by atoms with Gasteiger partial charge in [-0.15, -0.1) is 0 Å². The molecule has 1 aromatic rings. The van der Waals surface area contributed by atoms with Crippen LogP contribution in [0.2, 0.25) is 5.02 Å². The Labute approximate surface area is 95.4 Å². The fourth-order valence-electron chi connectivity index (χ4n) is 1.83. The highest BCUT2D eigenvalue weighted by Crippen LogP contribution is 2.39. The Hall–Kier alpha value is -0.730. The molecule has 1 aliphatic rings. The van der Waals surface area contributed by atoms with Crippen molar-refractivity contribution in [1.29, 1.82) is 0 Å². The lowest BCUT2D eigenvalue weighted by molar-refractivity contribution is 0.403. The van der Waals surface area contributed by atoms with Crippen LogP contribution in [-0.4, -0.2) is 7.11 Å². The molecule has 1 aliphatic carbocycles. The molecule has 0 aromatic heterocycles. The summed E-state index contributed by atoms with van der Waals surface area (Å²) in [6.45, 7) is 0. The average molecular weight is 226 g/mol. The number of ether oxygens (including phenoxy) is 1. The van der Waals surface area contributed by atoms with Gasteiger partial charge in [0.05, 0.1) is 7.11 Å². The second-order valence-electron chi connectivity index (χ2n) is 4.17. The molecule has 15 heavy (non-hydrogen) atoms. The van der Waals surface area contributed by atoms with Gasteiger partial charge in [-0.05, 0) is 30.5 Å². The molecular weight excluding hydrogens is 210 g/mol. The van der Waals surface area contributed by atoms with E-state index in [9.17, 15) is 0 Å². The van der Waals surface area contributed by atoms with E-state index in [1.165, 1.54) is 12.8 Å². The fourth-order valence-corrected chi connectivity index (χ4v) is 2.02. The maximum atomic E-state index is 6.14. The van der Waals surface area contributed by atoms with Gasteiger partial charge >= 0.3 is 0 Å². The Kier molecular flexibility index (Phi) is 3.17. The summed E-state index contributed by atoms with van der Waals surface area (Å²) in [7, 11) is 1.66. The van der Waals surface area contributed by atoms with E-state index >= 15 is 0 Å². The highest BCUT2D eigenvalue weighted by atomic mass is 35.5. The van der Waals surface area contributed by atoms with Crippen molar-refractivity contribution in [3.05, 3.63) is 28.8 Å². The van der Waals surface area contributed by atoms with Crippen LogP contribution in [0.15, 0.2) is 18.2 Å². The largest absolute Gasteiger partial charge is 0.496 e. The number of rotatable bonds is 4. The Balaban J connectivity index is 2.18. The minimum atomic E-state index is 0.0474. The van der Waals surface area contributed by atoms with Crippen LogP contribution in [0.25, 0.3) is 0 Å². The van der Waals surface area contributed by atoms with Crippen LogP contribution in [0, 0.1) is 5.92 Å². The summed E-state index contributed by atoms with van der Waals surface area (Å²) in [5.74, 6) is 1.65. The van der Waals surface area contributed by atoms with Crippen LogP contribution in [-0.2, 0) is 0 Å². The van der Waals surface area contributed by atoms with Crippen LogP contribution >= 0.6 is 11.6 Å². The molecule has 0 heterocycles. The molecular formula is C12H16ClNO. The molecule has 0 amide bonds. The molecule has 82 valence electrons. The van der Waals surface area contributed by atoms with E-state index in [0.29, 0.717) is 0 Å². The first-order valence-electron chi connectivity index (χ1n) is 5.29. The molecule has 0 saturated heterocycles. The number of halogens is 1. The summed E-state index contributed by atoms with van der Waals surface area (Å²) in [6, 6.07) is 5.66. The predicted molar refractivity (Wildman–Crippen MR) is 62.3 cm³/mol. The second kappa shape index (κ2) is 4.42. The third-order valence-corrected chi connectivity index (χ3v) is 3.11. The summed E-state index contributed by atoms with van der Waals surface area (Å²) in [5.41, 5.74) is 7.17. The van der Waals surface area contributed by atoms with Gasteiger partial charge in [0.1, 0.15) is 5.75 Å². The minimum absolute atomic E-state index is 0.0474. The summed E-state index contributed by atoms with van der Waals surface area (Å²) in [6.07, 6.45) is 3.67. The van der Waals surface area contributed by atoms with Gasteiger partial charge in [0, 0.05) is 16.6 Å². The molecule has 0 unspecified atom stereocenters. The molecule has 2 rings (SSSR count). The quantitative estimate of drug-likeness (QED) is 0.855. The molecule has 0 spiro atoms. The van der Waals surface area contributed by atoms with Crippen LogP contribution in [0.5, 0.6) is 5.75 Å². The van der Waals surface area contributed by atoms with Gasteiger partial charge in [-0.25, -0.2) is 0 Å². The van der Waals surface area contributed by atoms with E-state index in [4.69, 9.17) is 22.1 Å². The number of hydrogen-bond acceptors (Lipinski definition) is 2. The van der Waals surface area contributed by atoms with Crippen molar-refractivity contribution in [2.24, 2.45) is 11.7 Å². The Bertz CT molecular complexity index is 349. The van der Waals surface area contributed by atoms with Gasteiger partial charge in [0.25, 0.3) is 0 Å². The summed E-state index contributed by atoms with van der Waals surface area (Å²) < 4.78 is 5.28. The first-order chi connectivity index (χ1) is 7.20. The lowest BCUT2D eigenvalue weighted by Crippen LogP contribution is -2.12. The van der Waals surface area contributed by atoms with Crippen LogP contribution < -0.4 is 10.5 Å². The fraction of sp³-hybridized carbons (Fsp3) is 0.500. The highest BCUT2D eigenvalue weighted by Gasteiger charge is 2.25. The van der Waals surface area contributed by atoms with Crippen LogP contribution in [0.3, 0.4) is 0 Å². The summed E-state index contributed by atoms with van der Waals surface area (Å²) in [5, 5.41) is 0.719. The number of benzene rings is 1. The van der Waals surface area contributed by atoms with Crippen molar-refractivity contribution in [1.82, 2.24) is 0 Å². The molecule has 1 fully saturated rings. The zero-order valence-corrected chi connectivity index (χ0v) is 9.63. The van der Waals surface area contributed by atoms with Crippen molar-refractivity contribution < 1.29 is 4.74 Å². The zero-order chi connectivity index (χ0) is 10.8. The van der Waals surface area contributed by atoms with E-state index in [1.54, 1.807) is 7.11 Å². The van der Waals surface area contributed by atoms with Crippen molar-refractivity contribution in [3.8, 4) is 5.75 Å². The Morgan fingerprint density at radius 3 is 2.87 bits per heavy atom. The van der Waals surface area contributed by atoms with Crippen LogP contribution in [0.1, 0.15) is 30.9 Å². The molecule has 1 atom stereocenters. The molecule has 3 heteroatoms. The van der Waals surface area contributed by atoms with Gasteiger partial charge in [0.2, 0.25) is 0 Å². The van der Waals surface area contributed by atoms with Gasteiger partial charge < -0.3 is 10.5 Å². The third kappa shape index (κ3) is 2.64. The van der Waals surface area contributed by atoms with E-state index in [1.807, 2.05) is 18.2 Å². The van der Waals surface area contributed by atoms with Gasteiger partial charge in [-0.2, -0.15) is 0 Å². The van der Waals surface area contributed by atoms with E-state index in [2.05, 4.69) is 0 Å². The maximum Gasteiger partial charge on any atom is 0.123 e. The SMILES string of the molecule is COc1ccc(Cl)cc1[C@@H](N)CC1CC1. The van der Waals surface area contributed by atoms with Gasteiger partial charge in [-0.1, -0.05) is 24.4 Å². The van der Waals surface area contributed by atoms with Crippen LogP contribution in [0.4, 0.5) is 0 Å². The first-order valence-corrected chi connectivity index (χ1v) is 5.67. The molecule has 0 radical (unpaired) electrons. The highest BCUT2D eigenvalue weighted by molar-refractivity contribution is 6.30. The van der Waals surface area contributed by atoms with Crippen molar-refractivity contribution in [2.45, 2.75) is 25.3 Å². The molecule has 0 aliphatic heterocycles. The second-order valence-corrected chi connectivity index (χ2v) is 4.61. The molecule has 1 aromatic carbocycles.